The third-order valence-electron chi connectivity index (χ3n) is 5.75. The van der Waals surface area contributed by atoms with Crippen molar-refractivity contribution in [1.29, 1.82) is 0 Å². The van der Waals surface area contributed by atoms with Crippen LogP contribution in [0.15, 0.2) is 22.7 Å². The minimum absolute atomic E-state index is 0.0322. The van der Waals surface area contributed by atoms with Gasteiger partial charge in [-0.05, 0) is 51.7 Å². The van der Waals surface area contributed by atoms with Gasteiger partial charge in [-0.3, -0.25) is 4.79 Å². The first-order valence-corrected chi connectivity index (χ1v) is 10.3. The van der Waals surface area contributed by atoms with Crippen LogP contribution in [0.25, 0.3) is 11.3 Å². The predicted molar refractivity (Wildman–Crippen MR) is 105 cm³/mol. The van der Waals surface area contributed by atoms with Crippen LogP contribution < -0.4 is 0 Å². The van der Waals surface area contributed by atoms with Crippen molar-refractivity contribution in [3.05, 3.63) is 39.6 Å². The maximum absolute atomic E-state index is 14.8. The average Bonchev–Trinajstić information content (AvgIpc) is 3.10. The molecule has 1 aromatic carbocycles. The van der Waals surface area contributed by atoms with Gasteiger partial charge in [0, 0.05) is 17.4 Å². The van der Waals surface area contributed by atoms with Gasteiger partial charge in [0.05, 0.1) is 28.3 Å². The highest BCUT2D eigenvalue weighted by Crippen LogP contribution is 2.43. The van der Waals surface area contributed by atoms with Gasteiger partial charge >= 0.3 is 0 Å². The van der Waals surface area contributed by atoms with E-state index in [1.54, 1.807) is 18.2 Å². The Kier molecular flexibility index (Phi) is 5.27. The fraction of sp³-hybridized carbons (Fsp3) is 0.524. The minimum Gasteiger partial charge on any atom is -0.373 e. The average molecular weight is 426 g/mol. The Labute approximate surface area is 173 Å². The molecule has 4 nitrogen and oxygen atoms in total. The third kappa shape index (κ3) is 3.60. The van der Waals surface area contributed by atoms with Crippen molar-refractivity contribution in [2.24, 2.45) is 11.8 Å². The van der Waals surface area contributed by atoms with Crippen molar-refractivity contribution in [3.8, 4) is 11.3 Å². The Morgan fingerprint density at radius 3 is 2.39 bits per heavy atom. The van der Waals surface area contributed by atoms with Crippen LogP contribution in [0.1, 0.15) is 50.9 Å². The van der Waals surface area contributed by atoms with Gasteiger partial charge in [-0.2, -0.15) is 0 Å². The number of Topliss-reactive ketones (excluding diaryl/α,β-unsaturated/α-hetero) is 1. The Bertz CT molecular complexity index is 869. The number of hydrogen-bond donors (Lipinski definition) is 0. The number of carbonyl (C=O) groups excluding carboxylic acids is 1. The van der Waals surface area contributed by atoms with Crippen LogP contribution in [0.3, 0.4) is 0 Å². The molecule has 1 heterocycles. The Morgan fingerprint density at radius 2 is 1.82 bits per heavy atom. The van der Waals surface area contributed by atoms with Gasteiger partial charge in [0.2, 0.25) is 0 Å². The van der Waals surface area contributed by atoms with Crippen molar-refractivity contribution in [2.45, 2.75) is 57.9 Å². The molecule has 2 unspecified atom stereocenters. The van der Waals surface area contributed by atoms with Gasteiger partial charge in [0.1, 0.15) is 11.5 Å². The number of rotatable bonds is 5. The molecule has 1 aromatic heterocycles. The molecular formula is C21H22Cl2FNO3. The molecule has 2 aliphatic rings. The molecule has 2 fully saturated rings. The summed E-state index contributed by atoms with van der Waals surface area (Å²) in [6.45, 7) is 2.95. The fourth-order valence-electron chi connectivity index (χ4n) is 4.39. The number of halogens is 3. The number of ether oxygens (including phenoxy) is 1. The highest BCUT2D eigenvalue weighted by Gasteiger charge is 2.42. The zero-order valence-corrected chi connectivity index (χ0v) is 17.3. The summed E-state index contributed by atoms with van der Waals surface area (Å²) in [7, 11) is 0. The monoisotopic (exact) mass is 425 g/mol. The zero-order valence-electron chi connectivity index (χ0n) is 15.8. The summed E-state index contributed by atoms with van der Waals surface area (Å²) in [5, 5.41) is 4.89. The summed E-state index contributed by atoms with van der Waals surface area (Å²) in [5.74, 6) is 0.675. The van der Waals surface area contributed by atoms with Gasteiger partial charge < -0.3 is 9.26 Å². The minimum atomic E-state index is -1.74. The van der Waals surface area contributed by atoms with E-state index in [0.29, 0.717) is 32.6 Å². The number of nitrogens with zero attached hydrogens (tertiary/aromatic N) is 1. The second kappa shape index (κ2) is 7.43. The number of carbonyl (C=O) groups is 1. The highest BCUT2D eigenvalue weighted by atomic mass is 35.5. The van der Waals surface area contributed by atoms with Gasteiger partial charge in [-0.1, -0.05) is 34.4 Å². The van der Waals surface area contributed by atoms with Crippen LogP contribution >= 0.6 is 23.2 Å². The first kappa shape index (κ1) is 19.9. The summed E-state index contributed by atoms with van der Waals surface area (Å²) >= 11 is 12.7. The van der Waals surface area contributed by atoms with E-state index in [1.165, 1.54) is 13.8 Å². The molecule has 2 saturated carbocycles. The van der Waals surface area contributed by atoms with Crippen molar-refractivity contribution in [2.75, 3.05) is 0 Å². The van der Waals surface area contributed by atoms with E-state index in [-0.39, 0.29) is 30.3 Å². The van der Waals surface area contributed by atoms with E-state index in [4.69, 9.17) is 32.5 Å². The molecule has 0 aliphatic heterocycles. The van der Waals surface area contributed by atoms with E-state index in [2.05, 4.69) is 5.16 Å². The number of benzene rings is 1. The summed E-state index contributed by atoms with van der Waals surface area (Å²) in [6.07, 6.45) is 3.30. The molecule has 7 heteroatoms. The molecule has 2 aliphatic carbocycles. The van der Waals surface area contributed by atoms with Gasteiger partial charge in [0.25, 0.3) is 0 Å². The van der Waals surface area contributed by atoms with E-state index in [0.717, 1.165) is 25.7 Å². The number of ketones is 1. The Morgan fingerprint density at radius 1 is 1.21 bits per heavy atom. The van der Waals surface area contributed by atoms with Crippen LogP contribution in [0.2, 0.25) is 10.0 Å². The number of hydrogen-bond acceptors (Lipinski definition) is 4. The molecule has 150 valence electrons. The molecule has 2 atom stereocenters. The number of alkyl halides is 1. The van der Waals surface area contributed by atoms with Crippen molar-refractivity contribution in [3.63, 3.8) is 0 Å². The summed E-state index contributed by atoms with van der Waals surface area (Å²) in [4.78, 5) is 12.1. The molecule has 0 amide bonds. The standard InChI is InChI=1S/C21H22Cl2FNO3/c1-21(2,24)20-14(10-27-13-8-11-6-7-12(9-13)19(11)26)18(25-28-20)17-15(22)4-3-5-16(17)23/h3-5,11-13H,6-10H2,1-2H3. The van der Waals surface area contributed by atoms with Crippen molar-refractivity contribution >= 4 is 29.0 Å². The Balaban J connectivity index is 1.64. The Hall–Kier alpha value is -1.43. The molecule has 0 radical (unpaired) electrons. The van der Waals surface area contributed by atoms with Gasteiger partial charge in [0.15, 0.2) is 11.4 Å². The van der Waals surface area contributed by atoms with Gasteiger partial charge in [-0.25, -0.2) is 4.39 Å². The first-order valence-electron chi connectivity index (χ1n) is 9.53. The van der Waals surface area contributed by atoms with Crippen LogP contribution in [0.4, 0.5) is 4.39 Å². The van der Waals surface area contributed by atoms with E-state index in [9.17, 15) is 9.18 Å². The van der Waals surface area contributed by atoms with Crippen molar-refractivity contribution < 1.29 is 18.4 Å². The van der Waals surface area contributed by atoms with Crippen molar-refractivity contribution in [1.82, 2.24) is 5.16 Å². The molecule has 0 spiro atoms. The summed E-state index contributed by atoms with van der Waals surface area (Å²) in [5.41, 5.74) is -0.334. The second-order valence-electron chi connectivity index (χ2n) is 8.19. The SMILES string of the molecule is CC(C)(F)c1onc(-c2c(Cl)cccc2Cl)c1COC1CC2CCC(C1)C2=O. The van der Waals surface area contributed by atoms with Crippen LogP contribution in [-0.2, 0) is 21.8 Å². The quantitative estimate of drug-likeness (QED) is 0.578. The summed E-state index contributed by atoms with van der Waals surface area (Å²) < 4.78 is 26.3. The molecule has 0 saturated heterocycles. The molecule has 28 heavy (non-hydrogen) atoms. The maximum Gasteiger partial charge on any atom is 0.179 e. The third-order valence-corrected chi connectivity index (χ3v) is 6.38. The molecule has 2 aromatic rings. The lowest BCUT2D eigenvalue weighted by atomic mass is 9.86. The lowest BCUT2D eigenvalue weighted by Gasteiger charge is -2.27. The van der Waals surface area contributed by atoms with Gasteiger partial charge in [-0.15, -0.1) is 0 Å². The smallest absolute Gasteiger partial charge is 0.179 e. The second-order valence-corrected chi connectivity index (χ2v) is 9.00. The lowest BCUT2D eigenvalue weighted by molar-refractivity contribution is -0.130. The number of fused-ring (bicyclic) bond motifs is 2. The zero-order chi connectivity index (χ0) is 20.1. The topological polar surface area (TPSA) is 52.3 Å². The van der Waals surface area contributed by atoms with E-state index in [1.807, 2.05) is 0 Å². The van der Waals surface area contributed by atoms with Crippen LogP contribution in [0.5, 0.6) is 0 Å². The highest BCUT2D eigenvalue weighted by molar-refractivity contribution is 6.39. The predicted octanol–water partition coefficient (Wildman–Crippen LogP) is 6.13. The largest absolute Gasteiger partial charge is 0.373 e. The first-order chi connectivity index (χ1) is 13.3. The normalized spacial score (nSPS) is 24.8. The molecule has 2 bridgehead atoms. The van der Waals surface area contributed by atoms with Crippen LogP contribution in [-0.4, -0.2) is 17.0 Å². The van der Waals surface area contributed by atoms with E-state index < -0.39 is 5.67 Å². The van der Waals surface area contributed by atoms with Crippen LogP contribution in [0, 0.1) is 11.8 Å². The summed E-state index contributed by atoms with van der Waals surface area (Å²) in [6, 6.07) is 5.14. The maximum atomic E-state index is 14.8. The van der Waals surface area contributed by atoms with E-state index >= 15 is 0 Å². The fourth-order valence-corrected chi connectivity index (χ4v) is 4.96. The lowest BCUT2D eigenvalue weighted by Crippen LogP contribution is -2.31. The molecule has 4 rings (SSSR count). The number of aromatic nitrogens is 1. The molecule has 0 N–H and O–H groups in total. The molecular weight excluding hydrogens is 404 g/mol.